The highest BCUT2D eigenvalue weighted by molar-refractivity contribution is 6.07. The van der Waals surface area contributed by atoms with Gasteiger partial charge in [-0.2, -0.15) is 0 Å². The van der Waals surface area contributed by atoms with Gasteiger partial charge >= 0.3 is 11.9 Å². The second kappa shape index (κ2) is 13.0. The molecule has 8 heteroatoms. The molecule has 4 rings (SSSR count). The summed E-state index contributed by atoms with van der Waals surface area (Å²) in [6.07, 6.45) is 0.197. The Hall–Kier alpha value is -5.24. The Labute approximate surface area is 231 Å². The molecule has 0 aliphatic carbocycles. The zero-order chi connectivity index (χ0) is 28.5. The van der Waals surface area contributed by atoms with Gasteiger partial charge in [0.25, 0.3) is 11.8 Å². The highest BCUT2D eigenvalue weighted by atomic mass is 16.4. The molecule has 4 N–H and O–H groups in total. The minimum atomic E-state index is -1.17. The Balaban J connectivity index is 1.60. The highest BCUT2D eigenvalue weighted by Crippen LogP contribution is 2.28. The van der Waals surface area contributed by atoms with E-state index >= 15 is 0 Å². The van der Waals surface area contributed by atoms with Crippen LogP contribution in [0.5, 0.6) is 0 Å². The first kappa shape index (κ1) is 27.8. The molecule has 4 aromatic rings. The number of carboxylic acid groups (broad SMARTS) is 2. The lowest BCUT2D eigenvalue weighted by molar-refractivity contribution is -0.140. The third kappa shape index (κ3) is 6.99. The smallest absolute Gasteiger partial charge is 0.326 e. The number of benzene rings is 4. The van der Waals surface area contributed by atoms with Crippen LogP contribution in [0, 0.1) is 0 Å². The predicted molar refractivity (Wildman–Crippen MR) is 150 cm³/mol. The largest absolute Gasteiger partial charge is 0.480 e. The van der Waals surface area contributed by atoms with E-state index in [0.29, 0.717) is 11.1 Å². The maximum absolute atomic E-state index is 13.3. The lowest BCUT2D eigenvalue weighted by Gasteiger charge is -2.19. The van der Waals surface area contributed by atoms with Gasteiger partial charge in [0.15, 0.2) is 0 Å². The second-order valence-corrected chi connectivity index (χ2v) is 9.20. The van der Waals surface area contributed by atoms with E-state index in [9.17, 15) is 29.4 Å². The topological polar surface area (TPSA) is 133 Å². The first-order valence-electron chi connectivity index (χ1n) is 12.7. The SMILES string of the molecule is O=C(N[C@@H](Cc1ccccc1)C(=O)O)c1ccccc1-c1ccccc1C(=O)N[C@@H](Cc1ccccc1)C(=O)O. The number of carboxylic acids is 2. The van der Waals surface area contributed by atoms with Crippen molar-refractivity contribution >= 4 is 23.8 Å². The van der Waals surface area contributed by atoms with E-state index in [1.165, 1.54) is 0 Å². The molecule has 0 saturated heterocycles. The quantitative estimate of drug-likeness (QED) is 0.227. The standard InChI is InChI=1S/C32H28N2O6/c35-29(33-27(31(37)38)19-21-11-3-1-4-12-21)25-17-9-7-15-23(25)24-16-8-10-18-26(24)30(36)34-28(32(39)40)20-22-13-5-2-6-14-22/h1-18,27-28H,19-20H2,(H,33,35)(H,34,36)(H,37,38)(H,39,40)/t27-,28-/m0/s1. The molecule has 4 aromatic carbocycles. The second-order valence-electron chi connectivity index (χ2n) is 9.20. The molecule has 0 aliphatic heterocycles. The fourth-order valence-corrected chi connectivity index (χ4v) is 4.40. The van der Waals surface area contributed by atoms with Gasteiger partial charge in [-0.1, -0.05) is 97.1 Å². The van der Waals surface area contributed by atoms with Gasteiger partial charge in [0.1, 0.15) is 12.1 Å². The van der Waals surface area contributed by atoms with Gasteiger partial charge in [0.2, 0.25) is 0 Å². The van der Waals surface area contributed by atoms with Gasteiger partial charge in [0, 0.05) is 24.0 Å². The third-order valence-electron chi connectivity index (χ3n) is 6.41. The van der Waals surface area contributed by atoms with Gasteiger partial charge < -0.3 is 20.8 Å². The van der Waals surface area contributed by atoms with Crippen LogP contribution in [0.1, 0.15) is 31.8 Å². The number of rotatable bonds is 11. The van der Waals surface area contributed by atoms with Crippen LogP contribution in [0.15, 0.2) is 109 Å². The monoisotopic (exact) mass is 536 g/mol. The Kier molecular flexibility index (Phi) is 9.04. The van der Waals surface area contributed by atoms with Crippen molar-refractivity contribution in [1.82, 2.24) is 10.6 Å². The van der Waals surface area contributed by atoms with Crippen molar-refractivity contribution in [2.24, 2.45) is 0 Å². The highest BCUT2D eigenvalue weighted by Gasteiger charge is 2.26. The third-order valence-corrected chi connectivity index (χ3v) is 6.41. The molecule has 0 fully saturated rings. The number of carbonyl (C=O) groups is 4. The van der Waals surface area contributed by atoms with Gasteiger partial charge in [-0.25, -0.2) is 9.59 Å². The van der Waals surface area contributed by atoms with Crippen molar-refractivity contribution in [3.05, 3.63) is 131 Å². The van der Waals surface area contributed by atoms with Crippen LogP contribution in [0.3, 0.4) is 0 Å². The van der Waals surface area contributed by atoms with Crippen LogP contribution in [0.4, 0.5) is 0 Å². The average molecular weight is 537 g/mol. The van der Waals surface area contributed by atoms with Crippen molar-refractivity contribution in [2.45, 2.75) is 24.9 Å². The number of aliphatic carboxylic acids is 2. The molecule has 0 radical (unpaired) electrons. The Morgan fingerprint density at radius 1 is 0.500 bits per heavy atom. The molecule has 202 valence electrons. The lowest BCUT2D eigenvalue weighted by atomic mass is 9.94. The van der Waals surface area contributed by atoms with Crippen molar-refractivity contribution in [2.75, 3.05) is 0 Å². The first-order chi connectivity index (χ1) is 19.3. The van der Waals surface area contributed by atoms with Crippen LogP contribution >= 0.6 is 0 Å². The summed E-state index contributed by atoms with van der Waals surface area (Å²) >= 11 is 0. The van der Waals surface area contributed by atoms with E-state index < -0.39 is 35.8 Å². The zero-order valence-electron chi connectivity index (χ0n) is 21.5. The maximum Gasteiger partial charge on any atom is 0.326 e. The predicted octanol–water partition coefficient (Wildman–Crippen LogP) is 4.21. The van der Waals surface area contributed by atoms with Gasteiger partial charge in [0.05, 0.1) is 0 Å². The van der Waals surface area contributed by atoms with Crippen molar-refractivity contribution in [3.8, 4) is 11.1 Å². The van der Waals surface area contributed by atoms with Gasteiger partial charge in [-0.05, 0) is 34.4 Å². The van der Waals surface area contributed by atoms with E-state index in [1.54, 1.807) is 97.1 Å². The molecular weight excluding hydrogens is 508 g/mol. The number of hydrogen-bond donors (Lipinski definition) is 4. The summed E-state index contributed by atoms with van der Waals surface area (Å²) in [5.41, 5.74) is 2.69. The number of hydrogen-bond acceptors (Lipinski definition) is 4. The summed E-state index contributed by atoms with van der Waals surface area (Å²) in [7, 11) is 0. The average Bonchev–Trinajstić information content (AvgIpc) is 2.97. The van der Waals surface area contributed by atoms with Gasteiger partial charge in [-0.3, -0.25) is 9.59 Å². The molecule has 8 nitrogen and oxygen atoms in total. The van der Waals surface area contributed by atoms with Crippen LogP contribution in [0.2, 0.25) is 0 Å². The maximum atomic E-state index is 13.3. The Bertz CT molecular complexity index is 1390. The van der Waals surface area contributed by atoms with Crippen LogP contribution in [0.25, 0.3) is 11.1 Å². The Morgan fingerprint density at radius 2 is 0.825 bits per heavy atom. The first-order valence-corrected chi connectivity index (χ1v) is 12.7. The van der Waals surface area contributed by atoms with E-state index in [-0.39, 0.29) is 24.0 Å². The summed E-state index contributed by atoms with van der Waals surface area (Å²) in [6, 6.07) is 28.7. The summed E-state index contributed by atoms with van der Waals surface area (Å²) in [6.45, 7) is 0. The summed E-state index contributed by atoms with van der Waals surface area (Å²) < 4.78 is 0. The Morgan fingerprint density at radius 3 is 1.18 bits per heavy atom. The lowest BCUT2D eigenvalue weighted by Crippen LogP contribution is -2.43. The summed E-state index contributed by atoms with van der Waals surface area (Å²) in [4.78, 5) is 50.6. The normalized spacial score (nSPS) is 12.1. The molecule has 40 heavy (non-hydrogen) atoms. The van der Waals surface area contributed by atoms with Crippen molar-refractivity contribution in [1.29, 1.82) is 0 Å². The molecule has 0 bridgehead atoms. The minimum absolute atomic E-state index is 0.0983. The van der Waals surface area contributed by atoms with Crippen molar-refractivity contribution in [3.63, 3.8) is 0 Å². The van der Waals surface area contributed by atoms with Crippen LogP contribution in [-0.4, -0.2) is 46.0 Å². The van der Waals surface area contributed by atoms with E-state index in [1.807, 2.05) is 12.1 Å². The molecule has 2 atom stereocenters. The molecule has 0 spiro atoms. The molecule has 0 saturated carbocycles. The number of carbonyl (C=O) groups excluding carboxylic acids is 2. The molecule has 0 aromatic heterocycles. The molecule has 0 unspecified atom stereocenters. The fraction of sp³-hybridized carbons (Fsp3) is 0.125. The number of amides is 2. The number of nitrogens with one attached hydrogen (secondary N) is 2. The molecule has 2 amide bonds. The summed E-state index contributed by atoms with van der Waals surface area (Å²) in [5.74, 6) is -3.57. The fourth-order valence-electron chi connectivity index (χ4n) is 4.40. The zero-order valence-corrected chi connectivity index (χ0v) is 21.5. The molecule has 0 aliphatic rings. The van der Waals surface area contributed by atoms with E-state index in [4.69, 9.17) is 0 Å². The van der Waals surface area contributed by atoms with Gasteiger partial charge in [-0.15, -0.1) is 0 Å². The van der Waals surface area contributed by atoms with E-state index in [2.05, 4.69) is 10.6 Å². The molecular formula is C32H28N2O6. The summed E-state index contributed by atoms with van der Waals surface area (Å²) in [5, 5.41) is 24.7. The van der Waals surface area contributed by atoms with Crippen LogP contribution < -0.4 is 10.6 Å². The van der Waals surface area contributed by atoms with Crippen LogP contribution in [-0.2, 0) is 22.4 Å². The molecule has 0 heterocycles. The van der Waals surface area contributed by atoms with E-state index in [0.717, 1.165) is 11.1 Å². The van der Waals surface area contributed by atoms with Crippen molar-refractivity contribution < 1.29 is 29.4 Å². The minimum Gasteiger partial charge on any atom is -0.480 e.